The van der Waals surface area contributed by atoms with Crippen LogP contribution in [0, 0.1) is 11.8 Å². The Bertz CT molecular complexity index is 499. The Labute approximate surface area is 155 Å². The first-order chi connectivity index (χ1) is 12.3. The van der Waals surface area contributed by atoms with Gasteiger partial charge >= 0.3 is 5.97 Å². The van der Waals surface area contributed by atoms with Crippen molar-refractivity contribution in [3.8, 4) is 0 Å². The molecular formula is C20H32O6. The number of aliphatic carboxylic acids is 1. The molecule has 1 aliphatic rings. The highest BCUT2D eigenvalue weighted by molar-refractivity contribution is 5.89. The highest BCUT2D eigenvalue weighted by Crippen LogP contribution is 2.36. The van der Waals surface area contributed by atoms with Gasteiger partial charge in [-0.25, -0.2) is 0 Å². The second-order valence-corrected chi connectivity index (χ2v) is 7.24. The fraction of sp³-hybridized carbons (Fsp3) is 0.750. The molecule has 4 atom stereocenters. The number of rotatable bonds is 13. The van der Waals surface area contributed by atoms with E-state index in [0.29, 0.717) is 19.3 Å². The largest absolute Gasteiger partial charge is 0.481 e. The molecule has 0 aromatic rings. The molecule has 0 heterocycles. The summed E-state index contributed by atoms with van der Waals surface area (Å²) in [6, 6.07) is 0. The maximum Gasteiger partial charge on any atom is 0.303 e. The minimum atomic E-state index is -0.874. The third kappa shape index (κ3) is 8.23. The molecule has 0 bridgehead atoms. The molecule has 0 aromatic carbocycles. The number of aliphatic hydroxyl groups excluding tert-OH is 2. The summed E-state index contributed by atoms with van der Waals surface area (Å²) in [4.78, 5) is 34.5. The van der Waals surface area contributed by atoms with Gasteiger partial charge in [0.05, 0.1) is 12.2 Å². The van der Waals surface area contributed by atoms with Crippen LogP contribution in [0.1, 0.15) is 71.1 Å². The number of ketones is 2. The van der Waals surface area contributed by atoms with Crippen molar-refractivity contribution in [3.63, 3.8) is 0 Å². The molecule has 0 unspecified atom stereocenters. The molecule has 1 fully saturated rings. The van der Waals surface area contributed by atoms with Crippen LogP contribution in [0.15, 0.2) is 12.2 Å². The fourth-order valence-corrected chi connectivity index (χ4v) is 3.48. The number of allylic oxidation sites excluding steroid dienone is 1. The minimum Gasteiger partial charge on any atom is -0.481 e. The van der Waals surface area contributed by atoms with Crippen molar-refractivity contribution in [1.29, 1.82) is 0 Å². The van der Waals surface area contributed by atoms with Crippen molar-refractivity contribution >= 4 is 17.5 Å². The van der Waals surface area contributed by atoms with Gasteiger partial charge in [-0.1, -0.05) is 25.8 Å². The number of unbranched alkanes of at least 4 members (excludes halogenated alkanes) is 3. The summed E-state index contributed by atoms with van der Waals surface area (Å²) < 4.78 is 0. The predicted octanol–water partition coefficient (Wildman–Crippen LogP) is 2.65. The van der Waals surface area contributed by atoms with Gasteiger partial charge in [0.25, 0.3) is 0 Å². The van der Waals surface area contributed by atoms with Crippen LogP contribution in [0.5, 0.6) is 0 Å². The number of carboxylic acid groups (broad SMARTS) is 1. The summed E-state index contributed by atoms with van der Waals surface area (Å²) in [7, 11) is 0. The third-order valence-electron chi connectivity index (χ3n) is 5.01. The summed E-state index contributed by atoms with van der Waals surface area (Å²) in [5.41, 5.74) is 0. The molecule has 0 radical (unpaired) electrons. The summed E-state index contributed by atoms with van der Waals surface area (Å²) in [6.07, 6.45) is 6.60. The normalized spacial score (nSPS) is 25.7. The van der Waals surface area contributed by atoms with Gasteiger partial charge in [0, 0.05) is 43.9 Å². The van der Waals surface area contributed by atoms with Gasteiger partial charge in [0.15, 0.2) is 5.78 Å². The van der Waals surface area contributed by atoms with Crippen LogP contribution in [-0.4, -0.2) is 45.1 Å². The Morgan fingerprint density at radius 3 is 2.27 bits per heavy atom. The van der Waals surface area contributed by atoms with Gasteiger partial charge in [0.2, 0.25) is 0 Å². The SMILES string of the molecule is CCCCCC(=O)/C=C/[C@@H]1[C@@H](CC(=O)CCCCC(=O)O)[C@@H](O)C[C@H]1O. The lowest BCUT2D eigenvalue weighted by Gasteiger charge is -2.20. The average Bonchev–Trinajstić information content (AvgIpc) is 2.83. The van der Waals surface area contributed by atoms with Crippen LogP contribution in [0.3, 0.4) is 0 Å². The fourth-order valence-electron chi connectivity index (χ4n) is 3.48. The van der Waals surface area contributed by atoms with Crippen molar-refractivity contribution < 1.29 is 29.7 Å². The first kappa shape index (κ1) is 22.5. The van der Waals surface area contributed by atoms with Crippen LogP contribution in [0.25, 0.3) is 0 Å². The van der Waals surface area contributed by atoms with Crippen LogP contribution >= 0.6 is 0 Å². The maximum atomic E-state index is 12.1. The van der Waals surface area contributed by atoms with E-state index < -0.39 is 30.0 Å². The summed E-state index contributed by atoms with van der Waals surface area (Å²) in [5, 5.41) is 28.9. The van der Waals surface area contributed by atoms with Crippen LogP contribution < -0.4 is 0 Å². The highest BCUT2D eigenvalue weighted by atomic mass is 16.4. The monoisotopic (exact) mass is 368 g/mol. The molecule has 0 amide bonds. The predicted molar refractivity (Wildman–Crippen MR) is 97.6 cm³/mol. The van der Waals surface area contributed by atoms with E-state index in [-0.39, 0.29) is 37.2 Å². The molecule has 26 heavy (non-hydrogen) atoms. The molecule has 3 N–H and O–H groups in total. The Morgan fingerprint density at radius 1 is 0.962 bits per heavy atom. The summed E-state index contributed by atoms with van der Waals surface area (Å²) >= 11 is 0. The molecule has 1 rings (SSSR count). The molecule has 1 saturated carbocycles. The van der Waals surface area contributed by atoms with E-state index in [9.17, 15) is 24.6 Å². The zero-order valence-corrected chi connectivity index (χ0v) is 15.6. The number of carboxylic acids is 1. The molecular weight excluding hydrogens is 336 g/mol. The van der Waals surface area contributed by atoms with E-state index in [1.54, 1.807) is 6.08 Å². The molecule has 0 spiro atoms. The van der Waals surface area contributed by atoms with E-state index in [2.05, 4.69) is 6.92 Å². The van der Waals surface area contributed by atoms with Crippen LogP contribution in [0.2, 0.25) is 0 Å². The lowest BCUT2D eigenvalue weighted by atomic mass is 9.87. The summed E-state index contributed by atoms with van der Waals surface area (Å²) in [6.45, 7) is 2.07. The third-order valence-corrected chi connectivity index (χ3v) is 5.01. The molecule has 6 heteroatoms. The lowest BCUT2D eigenvalue weighted by molar-refractivity contribution is -0.137. The number of hydrogen-bond donors (Lipinski definition) is 3. The standard InChI is InChI=1S/C20H32O6/c1-2-3-4-7-14(21)10-11-16-17(19(24)13-18(16)23)12-15(22)8-5-6-9-20(25)26/h10-11,16-19,23-24H,2-9,12-13H2,1H3,(H,25,26)/b11-10+/t16-,17-,18-,19+/m1/s1. The Morgan fingerprint density at radius 2 is 1.62 bits per heavy atom. The van der Waals surface area contributed by atoms with E-state index in [1.165, 1.54) is 6.08 Å². The molecule has 148 valence electrons. The average molecular weight is 368 g/mol. The van der Waals surface area contributed by atoms with E-state index in [4.69, 9.17) is 5.11 Å². The number of Topliss-reactive ketones (excluding diaryl/α,β-unsaturated/α-hetero) is 1. The van der Waals surface area contributed by atoms with Gasteiger partial charge < -0.3 is 15.3 Å². The van der Waals surface area contributed by atoms with E-state index in [0.717, 1.165) is 19.3 Å². The van der Waals surface area contributed by atoms with Gasteiger partial charge in [-0.2, -0.15) is 0 Å². The van der Waals surface area contributed by atoms with Crippen LogP contribution in [0.4, 0.5) is 0 Å². The Kier molecular flexibility index (Phi) is 10.4. The maximum absolute atomic E-state index is 12.1. The second-order valence-electron chi connectivity index (χ2n) is 7.24. The zero-order chi connectivity index (χ0) is 19.5. The quantitative estimate of drug-likeness (QED) is 0.340. The first-order valence-corrected chi connectivity index (χ1v) is 9.65. The molecule has 0 aromatic heterocycles. The smallest absolute Gasteiger partial charge is 0.303 e. The highest BCUT2D eigenvalue weighted by Gasteiger charge is 2.41. The van der Waals surface area contributed by atoms with Crippen molar-refractivity contribution in [2.75, 3.05) is 0 Å². The van der Waals surface area contributed by atoms with Gasteiger partial charge in [0.1, 0.15) is 5.78 Å². The molecule has 0 aliphatic heterocycles. The van der Waals surface area contributed by atoms with Gasteiger partial charge in [-0.05, 0) is 25.3 Å². The molecule has 6 nitrogen and oxygen atoms in total. The summed E-state index contributed by atoms with van der Waals surface area (Å²) in [5.74, 6) is -1.70. The van der Waals surface area contributed by atoms with Crippen molar-refractivity contribution in [1.82, 2.24) is 0 Å². The van der Waals surface area contributed by atoms with E-state index in [1.807, 2.05) is 0 Å². The number of carbonyl (C=O) groups excluding carboxylic acids is 2. The van der Waals surface area contributed by atoms with Crippen molar-refractivity contribution in [2.45, 2.75) is 83.3 Å². The first-order valence-electron chi connectivity index (χ1n) is 9.65. The number of carbonyl (C=O) groups is 3. The Balaban J connectivity index is 2.51. The number of hydrogen-bond acceptors (Lipinski definition) is 5. The lowest BCUT2D eigenvalue weighted by Crippen LogP contribution is -2.23. The van der Waals surface area contributed by atoms with Gasteiger partial charge in [-0.15, -0.1) is 0 Å². The Hall–Kier alpha value is -1.53. The second kappa shape index (κ2) is 12.0. The molecule has 1 aliphatic carbocycles. The van der Waals surface area contributed by atoms with Gasteiger partial charge in [-0.3, -0.25) is 14.4 Å². The van der Waals surface area contributed by atoms with E-state index >= 15 is 0 Å². The molecule has 0 saturated heterocycles. The minimum absolute atomic E-state index is 0.00536. The zero-order valence-electron chi connectivity index (χ0n) is 15.6. The topological polar surface area (TPSA) is 112 Å². The number of aliphatic hydroxyl groups is 2. The van der Waals surface area contributed by atoms with Crippen LogP contribution in [-0.2, 0) is 14.4 Å². The van der Waals surface area contributed by atoms with Crippen molar-refractivity contribution in [3.05, 3.63) is 12.2 Å². The van der Waals surface area contributed by atoms with Crippen molar-refractivity contribution in [2.24, 2.45) is 11.8 Å².